The summed E-state index contributed by atoms with van der Waals surface area (Å²) in [7, 11) is 0. The van der Waals surface area contributed by atoms with E-state index in [-0.39, 0.29) is 48.5 Å². The number of guanidine groups is 1. The van der Waals surface area contributed by atoms with Crippen LogP contribution in [0.3, 0.4) is 0 Å². The topological polar surface area (TPSA) is 72.4 Å². The van der Waals surface area contributed by atoms with Crippen LogP contribution in [0.15, 0.2) is 17.1 Å². The van der Waals surface area contributed by atoms with Crippen LogP contribution in [0, 0.1) is 11.7 Å². The number of carbonyl (C=O) groups excluding carboxylic acids is 1. The van der Waals surface area contributed by atoms with Crippen LogP contribution < -0.4 is 10.1 Å². The summed E-state index contributed by atoms with van der Waals surface area (Å²) in [5, 5.41) is 3.32. The molecule has 0 aliphatic carbocycles. The third kappa shape index (κ3) is 6.44. The van der Waals surface area contributed by atoms with Crippen LogP contribution in [-0.2, 0) is 27.3 Å². The molecule has 168 valence electrons. The second kappa shape index (κ2) is 12.3. The lowest BCUT2D eigenvalue weighted by molar-refractivity contribution is -0.149. The van der Waals surface area contributed by atoms with Crippen molar-refractivity contribution < 1.29 is 23.4 Å². The summed E-state index contributed by atoms with van der Waals surface area (Å²) in [6.07, 6.45) is 2.09. The van der Waals surface area contributed by atoms with Gasteiger partial charge in [-0.05, 0) is 50.8 Å². The van der Waals surface area contributed by atoms with E-state index in [1.54, 1.807) is 0 Å². The summed E-state index contributed by atoms with van der Waals surface area (Å²) in [6, 6.07) is 2.97. The second-order valence-electron chi connectivity index (χ2n) is 7.16. The number of aliphatic imine (C=N–C) groups is 1. The van der Waals surface area contributed by atoms with E-state index < -0.39 is 0 Å². The first-order valence-corrected chi connectivity index (χ1v) is 10.3. The molecule has 2 aliphatic heterocycles. The van der Waals surface area contributed by atoms with Crippen molar-refractivity contribution in [2.45, 2.75) is 39.7 Å². The molecule has 0 saturated carbocycles. The van der Waals surface area contributed by atoms with E-state index in [9.17, 15) is 9.18 Å². The van der Waals surface area contributed by atoms with Crippen molar-refractivity contribution in [3.8, 4) is 5.75 Å². The normalized spacial score (nSPS) is 16.9. The van der Waals surface area contributed by atoms with E-state index >= 15 is 0 Å². The van der Waals surface area contributed by atoms with Gasteiger partial charge in [0.25, 0.3) is 0 Å². The lowest BCUT2D eigenvalue weighted by atomic mass is 9.97. The number of hydrogen-bond donors (Lipinski definition) is 1. The van der Waals surface area contributed by atoms with Gasteiger partial charge in [0.15, 0.2) is 12.8 Å². The van der Waals surface area contributed by atoms with E-state index in [4.69, 9.17) is 19.2 Å². The number of likely N-dealkylation sites (tertiary alicyclic amines) is 1. The van der Waals surface area contributed by atoms with Crippen LogP contribution in [0.2, 0.25) is 0 Å². The quantitative estimate of drug-likeness (QED) is 0.261. The minimum absolute atomic E-state index is 0. The van der Waals surface area contributed by atoms with Crippen LogP contribution in [0.5, 0.6) is 5.75 Å². The lowest BCUT2D eigenvalue weighted by Crippen LogP contribution is -2.46. The number of benzene rings is 1. The van der Waals surface area contributed by atoms with Crippen LogP contribution >= 0.6 is 24.0 Å². The van der Waals surface area contributed by atoms with Crippen LogP contribution in [0.1, 0.15) is 37.8 Å². The summed E-state index contributed by atoms with van der Waals surface area (Å²) < 4.78 is 29.9. The van der Waals surface area contributed by atoms with Gasteiger partial charge in [-0.2, -0.15) is 0 Å². The molecule has 1 N–H and O–H groups in total. The third-order valence-electron chi connectivity index (χ3n) is 5.14. The predicted octanol–water partition coefficient (Wildman–Crippen LogP) is 3.09. The number of esters is 1. The van der Waals surface area contributed by atoms with Crippen LogP contribution in [-0.4, -0.2) is 56.4 Å². The number of hydrogen-bond acceptors (Lipinski definition) is 5. The zero-order chi connectivity index (χ0) is 20.6. The van der Waals surface area contributed by atoms with Gasteiger partial charge in [0.1, 0.15) is 11.6 Å². The highest BCUT2D eigenvalue weighted by atomic mass is 127. The third-order valence-corrected chi connectivity index (χ3v) is 5.14. The van der Waals surface area contributed by atoms with E-state index in [0.717, 1.165) is 49.6 Å². The fourth-order valence-corrected chi connectivity index (χ4v) is 3.74. The van der Waals surface area contributed by atoms with Crippen LogP contribution in [0.4, 0.5) is 4.39 Å². The molecule has 0 amide bonds. The molecule has 0 atom stereocenters. The zero-order valence-corrected chi connectivity index (χ0v) is 19.9. The van der Waals surface area contributed by atoms with Gasteiger partial charge < -0.3 is 24.4 Å². The van der Waals surface area contributed by atoms with Gasteiger partial charge in [0.05, 0.1) is 19.1 Å². The molecule has 0 spiro atoms. The number of carbonyl (C=O) groups is 1. The van der Waals surface area contributed by atoms with Gasteiger partial charge in [-0.1, -0.05) is 0 Å². The molecule has 0 aromatic heterocycles. The molecule has 0 radical (unpaired) electrons. The van der Waals surface area contributed by atoms with E-state index in [2.05, 4.69) is 10.2 Å². The summed E-state index contributed by atoms with van der Waals surface area (Å²) in [6.45, 7) is 7.61. The van der Waals surface area contributed by atoms with Gasteiger partial charge in [-0.15, -0.1) is 24.0 Å². The average molecular weight is 535 g/mol. The fourth-order valence-electron chi connectivity index (χ4n) is 3.74. The summed E-state index contributed by atoms with van der Waals surface area (Å²) in [4.78, 5) is 18.8. The Hall–Kier alpha value is -1.62. The number of ether oxygens (including phenoxy) is 3. The van der Waals surface area contributed by atoms with Crippen molar-refractivity contribution in [1.82, 2.24) is 10.2 Å². The van der Waals surface area contributed by atoms with Gasteiger partial charge in [0.2, 0.25) is 0 Å². The molecule has 30 heavy (non-hydrogen) atoms. The monoisotopic (exact) mass is 535 g/mol. The maximum Gasteiger partial charge on any atom is 0.309 e. The average Bonchev–Trinajstić information content (AvgIpc) is 2.73. The molecule has 2 heterocycles. The molecule has 1 fully saturated rings. The second-order valence-corrected chi connectivity index (χ2v) is 7.16. The van der Waals surface area contributed by atoms with Crippen molar-refractivity contribution in [2.75, 3.05) is 39.6 Å². The molecule has 1 saturated heterocycles. The Morgan fingerprint density at radius 2 is 2.10 bits per heavy atom. The smallest absolute Gasteiger partial charge is 0.309 e. The Balaban J connectivity index is 0.00000320. The maximum absolute atomic E-state index is 13.9. The van der Waals surface area contributed by atoms with Crippen molar-refractivity contribution >= 4 is 35.9 Å². The van der Waals surface area contributed by atoms with Gasteiger partial charge in [-0.3, -0.25) is 9.79 Å². The number of halogens is 2. The maximum atomic E-state index is 13.9. The van der Waals surface area contributed by atoms with Crippen molar-refractivity contribution in [1.29, 1.82) is 0 Å². The summed E-state index contributed by atoms with van der Waals surface area (Å²) >= 11 is 0. The van der Waals surface area contributed by atoms with E-state index in [0.29, 0.717) is 31.9 Å². The summed E-state index contributed by atoms with van der Waals surface area (Å²) in [5.41, 5.74) is 1.55. The van der Waals surface area contributed by atoms with Crippen molar-refractivity contribution in [2.24, 2.45) is 10.9 Å². The molecule has 9 heteroatoms. The molecular formula is C21H31FIN3O4. The number of nitrogens with zero attached hydrogens (tertiary/aromatic N) is 2. The number of rotatable bonds is 6. The lowest BCUT2D eigenvalue weighted by Gasteiger charge is -2.33. The number of piperidine rings is 1. The van der Waals surface area contributed by atoms with Crippen molar-refractivity contribution in [3.63, 3.8) is 0 Å². The minimum Gasteiger partial charge on any atom is -0.467 e. The van der Waals surface area contributed by atoms with Crippen molar-refractivity contribution in [3.05, 3.63) is 29.1 Å². The standard InChI is InChI=1S/C21H30FN3O4.HI/c1-3-23-21(25-9-6-15(7-10-25)20(26)28-4-2)24-8-5-16-11-18(22)12-17-13-27-14-29-19(16)17;/h11-12,15H,3-10,13-14H2,1-2H3,(H,23,24);1H. The Bertz CT molecular complexity index is 739. The number of nitrogens with one attached hydrogen (secondary N) is 1. The molecule has 1 aromatic rings. The molecule has 2 aliphatic rings. The molecule has 0 bridgehead atoms. The van der Waals surface area contributed by atoms with Gasteiger partial charge >= 0.3 is 5.97 Å². The highest BCUT2D eigenvalue weighted by molar-refractivity contribution is 14.0. The Morgan fingerprint density at radius 1 is 1.33 bits per heavy atom. The Kier molecular flexibility index (Phi) is 10.1. The summed E-state index contributed by atoms with van der Waals surface area (Å²) in [5.74, 6) is 1.11. The molecule has 3 rings (SSSR count). The molecule has 7 nitrogen and oxygen atoms in total. The zero-order valence-electron chi connectivity index (χ0n) is 17.6. The SMILES string of the molecule is CCNC(=NCCc1cc(F)cc2c1OCOC2)N1CCC(C(=O)OCC)CC1.I. The number of fused-ring (bicyclic) bond motifs is 1. The molecular weight excluding hydrogens is 504 g/mol. The molecule has 1 aromatic carbocycles. The van der Waals surface area contributed by atoms with E-state index in [1.807, 2.05) is 13.8 Å². The predicted molar refractivity (Wildman–Crippen MR) is 123 cm³/mol. The Morgan fingerprint density at radius 3 is 2.80 bits per heavy atom. The first kappa shape index (κ1) is 24.6. The Labute approximate surface area is 194 Å². The van der Waals surface area contributed by atoms with E-state index in [1.165, 1.54) is 12.1 Å². The first-order chi connectivity index (χ1) is 14.1. The fraction of sp³-hybridized carbons (Fsp3) is 0.619. The highest BCUT2D eigenvalue weighted by Crippen LogP contribution is 2.29. The van der Waals surface area contributed by atoms with Gasteiger partial charge in [0, 0.05) is 31.7 Å². The van der Waals surface area contributed by atoms with Gasteiger partial charge in [-0.25, -0.2) is 4.39 Å². The highest BCUT2D eigenvalue weighted by Gasteiger charge is 2.27. The van der Waals surface area contributed by atoms with Crippen LogP contribution in [0.25, 0.3) is 0 Å². The minimum atomic E-state index is -0.287. The molecule has 0 unspecified atom stereocenters. The first-order valence-electron chi connectivity index (χ1n) is 10.3. The largest absolute Gasteiger partial charge is 0.467 e.